The van der Waals surface area contributed by atoms with E-state index < -0.39 is 0 Å². The van der Waals surface area contributed by atoms with Crippen molar-refractivity contribution >= 4 is 28.8 Å². The van der Waals surface area contributed by atoms with E-state index in [9.17, 15) is 9.59 Å². The van der Waals surface area contributed by atoms with Crippen molar-refractivity contribution in [2.45, 2.75) is 33.4 Å². The summed E-state index contributed by atoms with van der Waals surface area (Å²) in [5.41, 5.74) is 4.72. The Balaban J connectivity index is 1.34. The molecule has 33 heavy (non-hydrogen) atoms. The minimum atomic E-state index is -0.0206. The minimum absolute atomic E-state index is 0.0206. The summed E-state index contributed by atoms with van der Waals surface area (Å²) in [6.45, 7) is 8.76. The summed E-state index contributed by atoms with van der Waals surface area (Å²) >= 11 is 1.48. The first-order valence-corrected chi connectivity index (χ1v) is 12.5. The van der Waals surface area contributed by atoms with E-state index in [2.05, 4.69) is 17.0 Å². The summed E-state index contributed by atoms with van der Waals surface area (Å²) in [6, 6.07) is 12.3. The highest BCUT2D eigenvalue weighted by Crippen LogP contribution is 2.27. The zero-order chi connectivity index (χ0) is 22.9. The lowest BCUT2D eigenvalue weighted by Crippen LogP contribution is -2.49. The van der Waals surface area contributed by atoms with Crippen LogP contribution in [0.15, 0.2) is 41.8 Å². The van der Waals surface area contributed by atoms with Gasteiger partial charge in [0.15, 0.2) is 5.69 Å². The molecule has 3 aromatic rings. The van der Waals surface area contributed by atoms with Gasteiger partial charge in [-0.1, -0.05) is 18.2 Å². The van der Waals surface area contributed by atoms with Crippen LogP contribution < -0.4 is 4.90 Å². The molecule has 172 valence electrons. The van der Waals surface area contributed by atoms with E-state index in [4.69, 9.17) is 5.10 Å². The zero-order valence-corrected chi connectivity index (χ0v) is 20.0. The smallest absolute Gasteiger partial charge is 0.274 e. The monoisotopic (exact) mass is 463 g/mol. The molecule has 1 aromatic carbocycles. The van der Waals surface area contributed by atoms with Gasteiger partial charge in [-0.2, -0.15) is 5.10 Å². The third-order valence-corrected chi connectivity index (χ3v) is 7.67. The summed E-state index contributed by atoms with van der Waals surface area (Å²) in [5, 5.41) is 6.67. The summed E-state index contributed by atoms with van der Waals surface area (Å²) in [6.07, 6.45) is 0.724. The molecule has 1 fully saturated rings. The van der Waals surface area contributed by atoms with E-state index in [0.717, 1.165) is 47.8 Å². The molecule has 0 unspecified atom stereocenters. The van der Waals surface area contributed by atoms with Crippen molar-refractivity contribution in [2.24, 2.45) is 0 Å². The van der Waals surface area contributed by atoms with Crippen molar-refractivity contribution in [2.75, 3.05) is 37.6 Å². The molecule has 0 N–H and O–H groups in total. The van der Waals surface area contributed by atoms with Crippen LogP contribution in [0.5, 0.6) is 0 Å². The average molecular weight is 464 g/mol. The van der Waals surface area contributed by atoms with Gasteiger partial charge in [0.2, 0.25) is 0 Å². The number of thiophene rings is 1. The lowest BCUT2D eigenvalue weighted by molar-refractivity contribution is 0.0711. The fourth-order valence-corrected chi connectivity index (χ4v) is 5.68. The van der Waals surface area contributed by atoms with Gasteiger partial charge < -0.3 is 14.7 Å². The number of benzene rings is 1. The van der Waals surface area contributed by atoms with Crippen LogP contribution in [-0.4, -0.2) is 64.1 Å². The molecule has 7 nitrogen and oxygen atoms in total. The van der Waals surface area contributed by atoms with Crippen LogP contribution in [0.3, 0.4) is 0 Å². The molecule has 2 aliphatic rings. The number of piperazine rings is 1. The molecule has 0 aliphatic carbocycles. The van der Waals surface area contributed by atoms with Crippen molar-refractivity contribution < 1.29 is 9.59 Å². The fraction of sp³-hybridized carbons (Fsp3) is 0.400. The molecule has 0 bridgehead atoms. The number of para-hydroxylation sites is 1. The molecule has 2 aliphatic heterocycles. The van der Waals surface area contributed by atoms with Crippen LogP contribution in [0.4, 0.5) is 5.69 Å². The topological polar surface area (TPSA) is 61.7 Å². The highest BCUT2D eigenvalue weighted by molar-refractivity contribution is 7.12. The summed E-state index contributed by atoms with van der Waals surface area (Å²) < 4.78 is 1.95. The normalized spacial score (nSPS) is 16.1. The Morgan fingerprint density at radius 3 is 2.39 bits per heavy atom. The van der Waals surface area contributed by atoms with E-state index in [-0.39, 0.29) is 11.8 Å². The van der Waals surface area contributed by atoms with Gasteiger partial charge in [0, 0.05) is 62.6 Å². The van der Waals surface area contributed by atoms with Crippen LogP contribution >= 0.6 is 11.3 Å². The number of carbonyl (C=O) groups is 2. The van der Waals surface area contributed by atoms with Gasteiger partial charge in [0.25, 0.3) is 11.8 Å². The second-order valence-corrected chi connectivity index (χ2v) is 9.53. The molecule has 5 rings (SSSR count). The first kappa shape index (κ1) is 21.7. The fourth-order valence-electron chi connectivity index (χ4n) is 4.79. The lowest BCUT2D eigenvalue weighted by Gasteiger charge is -2.36. The number of anilines is 1. The van der Waals surface area contributed by atoms with E-state index in [1.807, 2.05) is 58.0 Å². The first-order chi connectivity index (χ1) is 16.1. The molecule has 1 saturated heterocycles. The van der Waals surface area contributed by atoms with Crippen LogP contribution in [0, 0.1) is 6.92 Å². The standard InChI is InChI=1S/C25H29N5O2S/c1-3-30-21-9-11-29(25(32)23-18(2)10-16-33-23)17-20(21)22(26-30)24(31)28-14-12-27(13-15-28)19-7-5-4-6-8-19/h4-8,10,16H,3,9,11-15,17H2,1-2H3. The quantitative estimate of drug-likeness (QED) is 0.595. The summed E-state index contributed by atoms with van der Waals surface area (Å²) in [5.74, 6) is 0.0278. The molecule has 2 aromatic heterocycles. The molecule has 0 saturated carbocycles. The second-order valence-electron chi connectivity index (χ2n) is 8.61. The number of aryl methyl sites for hydroxylation is 2. The van der Waals surface area contributed by atoms with Crippen molar-refractivity contribution in [1.82, 2.24) is 19.6 Å². The molecule has 8 heteroatoms. The largest absolute Gasteiger partial charge is 0.368 e. The molecule has 0 spiro atoms. The number of aromatic nitrogens is 2. The molecule has 0 radical (unpaired) electrons. The first-order valence-electron chi connectivity index (χ1n) is 11.6. The minimum Gasteiger partial charge on any atom is -0.368 e. The van der Waals surface area contributed by atoms with Crippen molar-refractivity contribution in [3.05, 3.63) is 69.2 Å². The van der Waals surface area contributed by atoms with Crippen LogP contribution in [0.1, 0.15) is 43.9 Å². The number of carbonyl (C=O) groups excluding carboxylic acids is 2. The third kappa shape index (κ3) is 4.04. The van der Waals surface area contributed by atoms with Gasteiger partial charge in [-0.05, 0) is 43.0 Å². The zero-order valence-electron chi connectivity index (χ0n) is 19.2. The Morgan fingerprint density at radius 2 is 1.73 bits per heavy atom. The Bertz CT molecular complexity index is 1160. The lowest BCUT2D eigenvalue weighted by atomic mass is 10.0. The summed E-state index contributed by atoms with van der Waals surface area (Å²) in [4.78, 5) is 33.5. The third-order valence-electron chi connectivity index (χ3n) is 6.67. The molecular weight excluding hydrogens is 434 g/mol. The average Bonchev–Trinajstić information content (AvgIpc) is 3.46. The second kappa shape index (κ2) is 9.02. The van der Waals surface area contributed by atoms with E-state index in [0.29, 0.717) is 31.9 Å². The highest BCUT2D eigenvalue weighted by atomic mass is 32.1. The number of hydrogen-bond acceptors (Lipinski definition) is 5. The van der Waals surface area contributed by atoms with Crippen molar-refractivity contribution in [3.63, 3.8) is 0 Å². The molecule has 4 heterocycles. The van der Waals surface area contributed by atoms with Crippen LogP contribution in [0.2, 0.25) is 0 Å². The number of nitrogens with zero attached hydrogens (tertiary/aromatic N) is 5. The van der Waals surface area contributed by atoms with Crippen molar-refractivity contribution in [3.8, 4) is 0 Å². The maximum absolute atomic E-state index is 13.5. The number of hydrogen-bond donors (Lipinski definition) is 0. The SMILES string of the molecule is CCn1nc(C(=O)N2CCN(c3ccccc3)CC2)c2c1CCN(C(=O)c1sccc1C)C2. The van der Waals surface area contributed by atoms with Gasteiger partial charge in [-0.3, -0.25) is 14.3 Å². The Morgan fingerprint density at radius 1 is 0.970 bits per heavy atom. The predicted molar refractivity (Wildman–Crippen MR) is 130 cm³/mol. The predicted octanol–water partition coefficient (Wildman–Crippen LogP) is 3.43. The number of fused-ring (bicyclic) bond motifs is 1. The Labute approximate surface area is 198 Å². The van der Waals surface area contributed by atoms with E-state index >= 15 is 0 Å². The van der Waals surface area contributed by atoms with Crippen molar-refractivity contribution in [1.29, 1.82) is 0 Å². The van der Waals surface area contributed by atoms with E-state index in [1.165, 1.54) is 17.0 Å². The number of rotatable bonds is 4. The van der Waals surface area contributed by atoms with Gasteiger partial charge in [0.05, 0.1) is 11.4 Å². The maximum atomic E-state index is 13.5. The van der Waals surface area contributed by atoms with Crippen LogP contribution in [-0.2, 0) is 19.5 Å². The van der Waals surface area contributed by atoms with Gasteiger partial charge >= 0.3 is 0 Å². The summed E-state index contributed by atoms with van der Waals surface area (Å²) in [7, 11) is 0. The maximum Gasteiger partial charge on any atom is 0.274 e. The molecular formula is C25H29N5O2S. The molecule has 2 amide bonds. The highest BCUT2D eigenvalue weighted by Gasteiger charge is 2.33. The molecule has 0 atom stereocenters. The number of amides is 2. The van der Waals surface area contributed by atoms with Gasteiger partial charge in [-0.25, -0.2) is 0 Å². The Kier molecular flexibility index (Phi) is 5.93. The van der Waals surface area contributed by atoms with Gasteiger partial charge in [0.1, 0.15) is 0 Å². The van der Waals surface area contributed by atoms with Crippen LogP contribution in [0.25, 0.3) is 0 Å². The van der Waals surface area contributed by atoms with E-state index in [1.54, 1.807) is 0 Å². The van der Waals surface area contributed by atoms with Gasteiger partial charge in [-0.15, -0.1) is 11.3 Å². The Hall–Kier alpha value is -3.13.